The van der Waals surface area contributed by atoms with Crippen LogP contribution in [0.2, 0.25) is 0 Å². The maximum Gasteiger partial charge on any atom is 0.416 e. The lowest BCUT2D eigenvalue weighted by Gasteiger charge is -2.23. The third-order valence-corrected chi connectivity index (χ3v) is 5.07. The number of amides is 2. The van der Waals surface area contributed by atoms with Gasteiger partial charge in [-0.3, -0.25) is 9.59 Å². The molecule has 8 heteroatoms. The van der Waals surface area contributed by atoms with Crippen molar-refractivity contribution in [3.63, 3.8) is 0 Å². The van der Waals surface area contributed by atoms with Gasteiger partial charge < -0.3 is 15.0 Å². The number of carbonyl (C=O) groups excluding carboxylic acids is 2. The van der Waals surface area contributed by atoms with E-state index in [9.17, 15) is 22.8 Å². The number of fused-ring (bicyclic) bond motifs is 1. The van der Waals surface area contributed by atoms with Crippen LogP contribution in [0.25, 0.3) is 0 Å². The second kappa shape index (κ2) is 8.99. The fraction of sp³-hybridized carbons (Fsp3) is 0.391. The number of hydrogen-bond acceptors (Lipinski definition) is 3. The van der Waals surface area contributed by atoms with Gasteiger partial charge in [0.2, 0.25) is 5.91 Å². The molecule has 0 radical (unpaired) electrons. The van der Waals surface area contributed by atoms with Gasteiger partial charge in [-0.05, 0) is 42.3 Å². The van der Waals surface area contributed by atoms with Crippen molar-refractivity contribution in [1.82, 2.24) is 4.90 Å². The van der Waals surface area contributed by atoms with E-state index in [0.29, 0.717) is 29.0 Å². The zero-order valence-electron chi connectivity index (χ0n) is 17.6. The number of anilines is 1. The second-order valence-electron chi connectivity index (χ2n) is 7.87. The highest BCUT2D eigenvalue weighted by molar-refractivity contribution is 5.92. The second-order valence-corrected chi connectivity index (χ2v) is 7.87. The Labute approximate surface area is 179 Å². The molecule has 0 aromatic heterocycles. The van der Waals surface area contributed by atoms with Gasteiger partial charge in [-0.25, -0.2) is 0 Å². The van der Waals surface area contributed by atoms with Crippen LogP contribution in [0.5, 0.6) is 5.75 Å². The first kappa shape index (κ1) is 22.7. The number of benzene rings is 2. The van der Waals surface area contributed by atoms with E-state index < -0.39 is 17.8 Å². The van der Waals surface area contributed by atoms with Crippen LogP contribution in [0, 0.1) is 5.92 Å². The fourth-order valence-electron chi connectivity index (χ4n) is 3.33. The summed E-state index contributed by atoms with van der Waals surface area (Å²) in [5.41, 5.74) is 0.876. The van der Waals surface area contributed by atoms with Gasteiger partial charge in [0.15, 0.2) is 6.10 Å². The SMILES string of the molecule is CCC1Oc2ccc(NC(=O)C(C)C)cc2CN(Cc2cccc(C(F)(F)F)c2)C1=O. The molecule has 0 bridgehead atoms. The summed E-state index contributed by atoms with van der Waals surface area (Å²) < 4.78 is 45.1. The van der Waals surface area contributed by atoms with Crippen molar-refractivity contribution in [2.75, 3.05) is 5.32 Å². The van der Waals surface area contributed by atoms with Gasteiger partial charge in [0.05, 0.1) is 5.56 Å². The number of carbonyl (C=O) groups is 2. The number of alkyl halides is 3. The van der Waals surface area contributed by atoms with E-state index >= 15 is 0 Å². The first-order valence-corrected chi connectivity index (χ1v) is 10.1. The smallest absolute Gasteiger partial charge is 0.416 e. The average molecular weight is 434 g/mol. The van der Waals surface area contributed by atoms with Crippen LogP contribution in [0.4, 0.5) is 18.9 Å². The van der Waals surface area contributed by atoms with Gasteiger partial charge in [0, 0.05) is 30.3 Å². The Balaban J connectivity index is 1.90. The molecule has 2 amide bonds. The van der Waals surface area contributed by atoms with Crippen molar-refractivity contribution < 1.29 is 27.5 Å². The molecule has 0 saturated carbocycles. The summed E-state index contributed by atoms with van der Waals surface area (Å²) in [5, 5.41) is 2.81. The molecular weight excluding hydrogens is 409 g/mol. The van der Waals surface area contributed by atoms with Crippen LogP contribution in [-0.4, -0.2) is 22.8 Å². The van der Waals surface area contributed by atoms with Gasteiger partial charge in [0.25, 0.3) is 5.91 Å². The van der Waals surface area contributed by atoms with Crippen molar-refractivity contribution >= 4 is 17.5 Å². The Kier molecular flexibility index (Phi) is 6.57. The molecule has 1 aliphatic heterocycles. The molecule has 2 aromatic rings. The number of halogens is 3. The van der Waals surface area contributed by atoms with Crippen molar-refractivity contribution in [3.05, 3.63) is 59.2 Å². The number of ether oxygens (including phenoxy) is 1. The minimum absolute atomic E-state index is 0.0185. The molecule has 0 aliphatic carbocycles. The summed E-state index contributed by atoms with van der Waals surface area (Å²) in [7, 11) is 0. The van der Waals surface area contributed by atoms with Crippen molar-refractivity contribution in [3.8, 4) is 5.75 Å². The molecule has 0 spiro atoms. The lowest BCUT2D eigenvalue weighted by molar-refractivity contribution is -0.139. The van der Waals surface area contributed by atoms with E-state index in [1.54, 1.807) is 38.1 Å². The van der Waals surface area contributed by atoms with E-state index in [4.69, 9.17) is 4.74 Å². The molecule has 1 N–H and O–H groups in total. The van der Waals surface area contributed by atoms with Crippen LogP contribution in [0.1, 0.15) is 43.9 Å². The lowest BCUT2D eigenvalue weighted by atomic mass is 10.1. The van der Waals surface area contributed by atoms with Crippen molar-refractivity contribution in [2.45, 2.75) is 52.6 Å². The number of nitrogens with one attached hydrogen (secondary N) is 1. The molecule has 0 fully saturated rings. The monoisotopic (exact) mass is 434 g/mol. The molecule has 0 saturated heterocycles. The molecule has 1 aliphatic rings. The van der Waals surface area contributed by atoms with Crippen molar-refractivity contribution in [2.24, 2.45) is 5.92 Å². The Morgan fingerprint density at radius 1 is 1.23 bits per heavy atom. The average Bonchev–Trinajstić information content (AvgIpc) is 2.84. The molecule has 166 valence electrons. The standard InChI is InChI=1S/C23H25F3N2O3/c1-4-19-22(30)28(12-15-6-5-7-17(10-15)23(24,25)26)13-16-11-18(8-9-20(16)31-19)27-21(29)14(2)3/h5-11,14,19H,4,12-13H2,1-3H3,(H,27,29). The van der Waals surface area contributed by atoms with Gasteiger partial charge in [-0.15, -0.1) is 0 Å². The first-order chi connectivity index (χ1) is 14.6. The quantitative estimate of drug-likeness (QED) is 0.721. The van der Waals surface area contributed by atoms with E-state index in [2.05, 4.69) is 5.32 Å². The minimum Gasteiger partial charge on any atom is -0.480 e. The molecule has 1 unspecified atom stereocenters. The first-order valence-electron chi connectivity index (χ1n) is 10.1. The predicted molar refractivity (Wildman–Crippen MR) is 110 cm³/mol. The number of rotatable bonds is 5. The molecule has 2 aromatic carbocycles. The van der Waals surface area contributed by atoms with Crippen LogP contribution < -0.4 is 10.1 Å². The molecule has 3 rings (SSSR count). The van der Waals surface area contributed by atoms with Crippen LogP contribution in [0.3, 0.4) is 0 Å². The summed E-state index contributed by atoms with van der Waals surface area (Å²) >= 11 is 0. The Hall–Kier alpha value is -3.03. The largest absolute Gasteiger partial charge is 0.480 e. The predicted octanol–water partition coefficient (Wildman–Crippen LogP) is 5.00. The number of hydrogen-bond donors (Lipinski definition) is 1. The van der Waals surface area contributed by atoms with Gasteiger partial charge in [-0.1, -0.05) is 32.9 Å². The maximum atomic E-state index is 13.1. The molecule has 5 nitrogen and oxygen atoms in total. The fourth-order valence-corrected chi connectivity index (χ4v) is 3.33. The number of nitrogens with zero attached hydrogens (tertiary/aromatic N) is 1. The maximum absolute atomic E-state index is 13.1. The zero-order chi connectivity index (χ0) is 22.8. The van der Waals surface area contributed by atoms with E-state index in [0.717, 1.165) is 12.1 Å². The third kappa shape index (κ3) is 5.37. The Morgan fingerprint density at radius 3 is 2.61 bits per heavy atom. The highest BCUT2D eigenvalue weighted by Gasteiger charge is 2.32. The third-order valence-electron chi connectivity index (χ3n) is 5.07. The topological polar surface area (TPSA) is 58.6 Å². The van der Waals surface area contributed by atoms with Gasteiger partial charge in [-0.2, -0.15) is 13.2 Å². The minimum atomic E-state index is -4.45. The molecule has 1 heterocycles. The zero-order valence-corrected chi connectivity index (χ0v) is 17.6. The van der Waals surface area contributed by atoms with Crippen LogP contribution in [-0.2, 0) is 28.9 Å². The summed E-state index contributed by atoms with van der Waals surface area (Å²) in [6.45, 7) is 5.55. The van der Waals surface area contributed by atoms with E-state index in [1.165, 1.54) is 11.0 Å². The summed E-state index contributed by atoms with van der Waals surface area (Å²) in [4.78, 5) is 26.5. The van der Waals surface area contributed by atoms with E-state index in [-0.39, 0.29) is 30.8 Å². The van der Waals surface area contributed by atoms with Gasteiger partial charge in [0.1, 0.15) is 5.75 Å². The Morgan fingerprint density at radius 2 is 1.97 bits per heavy atom. The molecular formula is C23H25F3N2O3. The lowest BCUT2D eigenvalue weighted by Crippen LogP contribution is -2.38. The highest BCUT2D eigenvalue weighted by Crippen LogP contribution is 2.32. The van der Waals surface area contributed by atoms with Crippen LogP contribution >= 0.6 is 0 Å². The normalized spacial score (nSPS) is 16.5. The summed E-state index contributed by atoms with van der Waals surface area (Å²) in [6.07, 6.45) is -4.77. The van der Waals surface area contributed by atoms with Gasteiger partial charge >= 0.3 is 6.18 Å². The highest BCUT2D eigenvalue weighted by atomic mass is 19.4. The Bertz CT molecular complexity index is 973. The van der Waals surface area contributed by atoms with E-state index in [1.807, 2.05) is 6.92 Å². The summed E-state index contributed by atoms with van der Waals surface area (Å²) in [5.74, 6) is -0.102. The summed E-state index contributed by atoms with van der Waals surface area (Å²) in [6, 6.07) is 10.1. The molecule has 1 atom stereocenters. The molecule has 31 heavy (non-hydrogen) atoms. The van der Waals surface area contributed by atoms with Crippen LogP contribution in [0.15, 0.2) is 42.5 Å². The van der Waals surface area contributed by atoms with Crippen molar-refractivity contribution in [1.29, 1.82) is 0 Å².